The van der Waals surface area contributed by atoms with Crippen LogP contribution in [-0.4, -0.2) is 68.0 Å². The maximum atomic E-state index is 5.95. The minimum atomic E-state index is 0.314. The molecule has 1 aliphatic heterocycles. The second kappa shape index (κ2) is 7.92. The molecule has 1 fully saturated rings. The Hall–Kier alpha value is -1.69. The van der Waals surface area contributed by atoms with Gasteiger partial charge >= 0.3 is 149 Å². The summed E-state index contributed by atoms with van der Waals surface area (Å²) in [5.41, 5.74) is 7.31. The number of hydrogen-bond acceptors (Lipinski definition) is 6. The molecule has 128 valence electrons. The van der Waals surface area contributed by atoms with Crippen molar-refractivity contribution >= 4 is 26.9 Å². The number of aromatic nitrogens is 3. The van der Waals surface area contributed by atoms with Gasteiger partial charge in [0.15, 0.2) is 0 Å². The molecule has 1 atom stereocenters. The first-order valence-electron chi connectivity index (χ1n) is 8.22. The van der Waals surface area contributed by atoms with Gasteiger partial charge in [-0.1, -0.05) is 0 Å². The molecule has 0 amide bonds. The number of piperazine rings is 1. The van der Waals surface area contributed by atoms with Gasteiger partial charge in [0, 0.05) is 0 Å². The Bertz CT molecular complexity index is 657. The van der Waals surface area contributed by atoms with Gasteiger partial charge in [-0.15, -0.1) is 0 Å². The average molecular weight is 391 g/mol. The summed E-state index contributed by atoms with van der Waals surface area (Å²) in [6.45, 7) is 6.10. The number of likely N-dealkylation sites (N-methyl/N-ethyl adjacent to an activating group) is 1. The Labute approximate surface area is 149 Å². The Kier molecular flexibility index (Phi) is 5.66. The molecular weight excluding hydrogens is 367 g/mol. The van der Waals surface area contributed by atoms with Crippen molar-refractivity contribution in [2.24, 2.45) is 0 Å². The molecule has 3 rings (SSSR count). The molecule has 0 aliphatic carbocycles. The van der Waals surface area contributed by atoms with Crippen LogP contribution in [0.15, 0.2) is 30.3 Å². The van der Waals surface area contributed by atoms with Gasteiger partial charge in [0.05, 0.1) is 0 Å². The summed E-state index contributed by atoms with van der Waals surface area (Å²) in [7, 11) is 2.14. The quantitative estimate of drug-likeness (QED) is 0.772. The van der Waals surface area contributed by atoms with Crippen LogP contribution in [-0.2, 0) is 5.32 Å². The van der Waals surface area contributed by atoms with E-state index in [9.17, 15) is 0 Å². The fraction of sp³-hybridized carbons (Fsp3) is 0.471. The summed E-state index contributed by atoms with van der Waals surface area (Å²) in [6.07, 6.45) is 0. The molecule has 1 aromatic carbocycles. The van der Waals surface area contributed by atoms with Gasteiger partial charge in [-0.2, -0.15) is 0 Å². The first kappa shape index (κ1) is 17.1. The summed E-state index contributed by atoms with van der Waals surface area (Å²) in [5, 5.41) is 1.07. The molecular formula is C17H24N6Se. The fourth-order valence-electron chi connectivity index (χ4n) is 2.60. The molecule has 1 unspecified atom stereocenters. The maximum absolute atomic E-state index is 5.95. The third kappa shape index (κ3) is 4.44. The van der Waals surface area contributed by atoms with Crippen LogP contribution in [0.3, 0.4) is 0 Å². The summed E-state index contributed by atoms with van der Waals surface area (Å²) in [6, 6.07) is 10.6. The van der Waals surface area contributed by atoms with E-state index >= 15 is 0 Å². The molecule has 1 aromatic heterocycles. The van der Waals surface area contributed by atoms with Crippen LogP contribution in [0.25, 0.3) is 0 Å². The number of benzene rings is 1. The van der Waals surface area contributed by atoms with Crippen molar-refractivity contribution in [3.63, 3.8) is 0 Å². The van der Waals surface area contributed by atoms with Crippen molar-refractivity contribution in [1.82, 2.24) is 19.9 Å². The number of nitrogens with zero attached hydrogens (tertiary/aromatic N) is 5. The third-order valence-corrected chi connectivity index (χ3v) is 6.69. The number of nitrogen functional groups attached to an aromatic ring is 1. The molecule has 7 heteroatoms. The molecule has 1 saturated heterocycles. The van der Waals surface area contributed by atoms with Gasteiger partial charge in [0.2, 0.25) is 0 Å². The van der Waals surface area contributed by atoms with Crippen molar-refractivity contribution in [2.45, 2.75) is 17.1 Å². The molecule has 0 radical (unpaired) electrons. The van der Waals surface area contributed by atoms with E-state index in [2.05, 4.69) is 64.1 Å². The average Bonchev–Trinajstić information content (AvgIpc) is 2.60. The summed E-state index contributed by atoms with van der Waals surface area (Å²) in [4.78, 5) is 18.3. The van der Waals surface area contributed by atoms with E-state index in [1.165, 1.54) is 5.56 Å². The monoisotopic (exact) mass is 392 g/mol. The molecule has 0 spiro atoms. The van der Waals surface area contributed by atoms with E-state index in [0.29, 0.717) is 25.7 Å². The van der Waals surface area contributed by atoms with Crippen molar-refractivity contribution in [1.29, 1.82) is 0 Å². The number of hydrogen-bond donors (Lipinski definition) is 1. The van der Waals surface area contributed by atoms with E-state index in [-0.39, 0.29) is 0 Å². The van der Waals surface area contributed by atoms with Crippen LogP contribution in [0.4, 0.5) is 11.9 Å². The van der Waals surface area contributed by atoms with Crippen LogP contribution in [0.1, 0.15) is 23.1 Å². The van der Waals surface area contributed by atoms with Crippen LogP contribution < -0.4 is 10.6 Å². The van der Waals surface area contributed by atoms with Gasteiger partial charge < -0.3 is 0 Å². The Balaban J connectivity index is 1.68. The minimum absolute atomic E-state index is 0.314. The SMILES string of the molecule is CC([Se]Cc1ccccc1)c1nc(N)nc(N2CCN(C)CC2)n1. The number of rotatable bonds is 5. The predicted octanol–water partition coefficient (Wildman–Crippen LogP) is 1.17. The van der Waals surface area contributed by atoms with Gasteiger partial charge in [0.1, 0.15) is 0 Å². The predicted molar refractivity (Wildman–Crippen MR) is 98.3 cm³/mol. The second-order valence-corrected chi connectivity index (χ2v) is 8.87. The molecule has 2 N–H and O–H groups in total. The van der Waals surface area contributed by atoms with Gasteiger partial charge in [-0.3, -0.25) is 0 Å². The standard InChI is InChI=1S/C17H24N6Se/c1-13(24-12-14-6-4-3-5-7-14)15-19-16(18)21-17(20-15)23-10-8-22(2)9-11-23/h3-7,13H,8-12H2,1-2H3,(H2,18,19,20,21). The Morgan fingerprint density at radius 3 is 2.50 bits per heavy atom. The second-order valence-electron chi connectivity index (χ2n) is 6.08. The first-order valence-corrected chi connectivity index (χ1v) is 10.4. The summed E-state index contributed by atoms with van der Waals surface area (Å²) >= 11 is 0.383. The summed E-state index contributed by atoms with van der Waals surface area (Å²) in [5.74, 6) is 1.89. The van der Waals surface area contributed by atoms with E-state index in [0.717, 1.165) is 43.3 Å². The van der Waals surface area contributed by atoms with E-state index in [1.54, 1.807) is 0 Å². The van der Waals surface area contributed by atoms with Crippen LogP contribution in [0.2, 0.25) is 0 Å². The molecule has 0 bridgehead atoms. The van der Waals surface area contributed by atoms with Crippen LogP contribution in [0.5, 0.6) is 0 Å². The fourth-order valence-corrected chi connectivity index (χ4v) is 4.46. The molecule has 2 heterocycles. The van der Waals surface area contributed by atoms with Gasteiger partial charge in [-0.05, 0) is 0 Å². The van der Waals surface area contributed by atoms with Gasteiger partial charge in [0.25, 0.3) is 0 Å². The third-order valence-electron chi connectivity index (χ3n) is 4.15. The molecule has 6 nitrogen and oxygen atoms in total. The number of nitrogens with two attached hydrogens (primary N) is 1. The Morgan fingerprint density at radius 1 is 1.08 bits per heavy atom. The molecule has 1 aliphatic rings. The normalized spacial score (nSPS) is 17.0. The van der Waals surface area contributed by atoms with Crippen LogP contribution in [0, 0.1) is 0 Å². The number of anilines is 2. The molecule has 2 aromatic rings. The van der Waals surface area contributed by atoms with Crippen molar-refractivity contribution in [3.8, 4) is 0 Å². The summed E-state index contributed by atoms with van der Waals surface area (Å²) < 4.78 is 0. The van der Waals surface area contributed by atoms with E-state index in [1.807, 2.05) is 0 Å². The topological polar surface area (TPSA) is 71.2 Å². The zero-order chi connectivity index (χ0) is 16.9. The van der Waals surface area contributed by atoms with Crippen LogP contribution >= 0.6 is 0 Å². The van der Waals surface area contributed by atoms with Gasteiger partial charge in [-0.25, -0.2) is 0 Å². The van der Waals surface area contributed by atoms with E-state index < -0.39 is 0 Å². The van der Waals surface area contributed by atoms with E-state index in [4.69, 9.17) is 10.7 Å². The van der Waals surface area contributed by atoms with Crippen molar-refractivity contribution in [2.75, 3.05) is 43.9 Å². The zero-order valence-electron chi connectivity index (χ0n) is 14.2. The first-order chi connectivity index (χ1) is 11.6. The zero-order valence-corrected chi connectivity index (χ0v) is 15.9. The van der Waals surface area contributed by atoms with Crippen molar-refractivity contribution in [3.05, 3.63) is 41.7 Å². The Morgan fingerprint density at radius 2 is 1.79 bits per heavy atom. The molecule has 0 saturated carbocycles. The molecule has 24 heavy (non-hydrogen) atoms. The van der Waals surface area contributed by atoms with Crippen molar-refractivity contribution < 1.29 is 0 Å².